The monoisotopic (exact) mass is 322 g/mol. The van der Waals surface area contributed by atoms with E-state index in [0.717, 1.165) is 5.56 Å². The molecule has 24 heavy (non-hydrogen) atoms. The van der Waals surface area contributed by atoms with Crippen molar-refractivity contribution in [1.29, 1.82) is 0 Å². The standard InChI is InChI=1S/C17H14N4O3/c1-11-14(15(21-24-11)12-5-3-2-4-6-12)17(23)20-19-16(22)13-7-9-18-10-8-13/h2-10H,1H3,(H,19,22)(H,20,23). The van der Waals surface area contributed by atoms with Crippen LogP contribution in [0.15, 0.2) is 59.4 Å². The largest absolute Gasteiger partial charge is 0.360 e. The fraction of sp³-hybridized carbons (Fsp3) is 0.0588. The Kier molecular flexibility index (Phi) is 4.33. The van der Waals surface area contributed by atoms with E-state index in [0.29, 0.717) is 17.0 Å². The molecule has 0 atom stereocenters. The zero-order chi connectivity index (χ0) is 16.9. The molecule has 2 N–H and O–H groups in total. The maximum absolute atomic E-state index is 12.4. The first kappa shape index (κ1) is 15.4. The van der Waals surface area contributed by atoms with Gasteiger partial charge in [-0.3, -0.25) is 25.4 Å². The van der Waals surface area contributed by atoms with Crippen LogP contribution in [0.2, 0.25) is 0 Å². The summed E-state index contributed by atoms with van der Waals surface area (Å²) in [5, 5.41) is 3.94. The van der Waals surface area contributed by atoms with E-state index in [1.54, 1.807) is 19.1 Å². The Morgan fingerprint density at radius 2 is 1.62 bits per heavy atom. The molecule has 0 aliphatic rings. The normalized spacial score (nSPS) is 10.2. The van der Waals surface area contributed by atoms with Crippen LogP contribution in [0.3, 0.4) is 0 Å². The predicted octanol–water partition coefficient (Wildman–Crippen LogP) is 2.12. The quantitative estimate of drug-likeness (QED) is 0.720. The first-order valence-electron chi connectivity index (χ1n) is 7.19. The molecular formula is C17H14N4O3. The van der Waals surface area contributed by atoms with Crippen molar-refractivity contribution in [1.82, 2.24) is 21.0 Å². The van der Waals surface area contributed by atoms with Crippen LogP contribution in [0.25, 0.3) is 11.3 Å². The molecule has 3 aromatic rings. The smallest absolute Gasteiger partial charge is 0.275 e. The molecule has 0 bridgehead atoms. The van der Waals surface area contributed by atoms with Gasteiger partial charge in [-0.25, -0.2) is 0 Å². The van der Waals surface area contributed by atoms with Crippen LogP contribution >= 0.6 is 0 Å². The number of carbonyl (C=O) groups is 2. The average molecular weight is 322 g/mol. The van der Waals surface area contributed by atoms with Crippen LogP contribution in [-0.2, 0) is 0 Å². The number of hydrogen-bond acceptors (Lipinski definition) is 5. The lowest BCUT2D eigenvalue weighted by atomic mass is 10.1. The van der Waals surface area contributed by atoms with E-state index < -0.39 is 11.8 Å². The lowest BCUT2D eigenvalue weighted by molar-refractivity contribution is 0.0846. The summed E-state index contributed by atoms with van der Waals surface area (Å²) >= 11 is 0. The molecule has 0 saturated heterocycles. The molecule has 3 rings (SSSR count). The summed E-state index contributed by atoms with van der Waals surface area (Å²) in [6.07, 6.45) is 2.99. The zero-order valence-electron chi connectivity index (χ0n) is 12.8. The third kappa shape index (κ3) is 3.14. The van der Waals surface area contributed by atoms with Gasteiger partial charge in [0.05, 0.1) is 0 Å². The van der Waals surface area contributed by atoms with Crippen molar-refractivity contribution in [3.8, 4) is 11.3 Å². The van der Waals surface area contributed by atoms with Gasteiger partial charge in [0.25, 0.3) is 11.8 Å². The first-order chi connectivity index (χ1) is 11.7. The van der Waals surface area contributed by atoms with Crippen molar-refractivity contribution < 1.29 is 14.1 Å². The Morgan fingerprint density at radius 3 is 2.33 bits per heavy atom. The molecular weight excluding hydrogens is 308 g/mol. The summed E-state index contributed by atoms with van der Waals surface area (Å²) in [7, 11) is 0. The van der Waals surface area contributed by atoms with Crippen molar-refractivity contribution in [2.45, 2.75) is 6.92 Å². The Hall–Kier alpha value is -3.48. The molecule has 2 aromatic heterocycles. The van der Waals surface area contributed by atoms with Crippen molar-refractivity contribution >= 4 is 11.8 Å². The third-order valence-electron chi connectivity index (χ3n) is 3.37. The average Bonchev–Trinajstić information content (AvgIpc) is 3.02. The number of hydrazine groups is 1. The van der Waals surface area contributed by atoms with Crippen LogP contribution in [0.4, 0.5) is 0 Å². The van der Waals surface area contributed by atoms with Gasteiger partial charge in [-0.1, -0.05) is 35.5 Å². The van der Waals surface area contributed by atoms with Crippen molar-refractivity contribution in [2.75, 3.05) is 0 Å². The Bertz CT molecular complexity index is 860. The van der Waals surface area contributed by atoms with E-state index in [4.69, 9.17) is 4.52 Å². The van der Waals surface area contributed by atoms with E-state index >= 15 is 0 Å². The highest BCUT2D eigenvalue weighted by atomic mass is 16.5. The lowest BCUT2D eigenvalue weighted by Crippen LogP contribution is -2.41. The summed E-state index contributed by atoms with van der Waals surface area (Å²) in [6, 6.07) is 12.3. The highest BCUT2D eigenvalue weighted by molar-refractivity contribution is 6.02. The van der Waals surface area contributed by atoms with E-state index in [1.807, 2.05) is 30.3 Å². The van der Waals surface area contributed by atoms with Crippen LogP contribution in [0.1, 0.15) is 26.5 Å². The fourth-order valence-electron chi connectivity index (χ4n) is 2.18. The maximum atomic E-state index is 12.4. The number of aryl methyl sites for hydroxylation is 1. The number of pyridine rings is 1. The van der Waals surface area contributed by atoms with E-state index in [-0.39, 0.29) is 5.56 Å². The highest BCUT2D eigenvalue weighted by Crippen LogP contribution is 2.24. The van der Waals surface area contributed by atoms with Gasteiger partial charge in [0.2, 0.25) is 0 Å². The second kappa shape index (κ2) is 6.74. The minimum absolute atomic E-state index is 0.274. The summed E-state index contributed by atoms with van der Waals surface area (Å²) in [5.74, 6) is -0.583. The minimum Gasteiger partial charge on any atom is -0.360 e. The topological polar surface area (TPSA) is 97.1 Å². The SMILES string of the molecule is Cc1onc(-c2ccccc2)c1C(=O)NNC(=O)c1ccncc1. The number of rotatable bonds is 3. The number of hydrogen-bond donors (Lipinski definition) is 2. The number of carbonyl (C=O) groups excluding carboxylic acids is 2. The van der Waals surface area contributed by atoms with Gasteiger partial charge in [-0.2, -0.15) is 0 Å². The zero-order valence-corrected chi connectivity index (χ0v) is 12.8. The molecule has 0 aliphatic carbocycles. The molecule has 7 heteroatoms. The van der Waals surface area contributed by atoms with Crippen LogP contribution in [-0.4, -0.2) is 22.0 Å². The Morgan fingerprint density at radius 1 is 0.958 bits per heavy atom. The molecule has 2 heterocycles. The molecule has 0 radical (unpaired) electrons. The molecule has 0 aliphatic heterocycles. The van der Waals surface area contributed by atoms with Gasteiger partial charge < -0.3 is 4.52 Å². The number of amides is 2. The lowest BCUT2D eigenvalue weighted by Gasteiger charge is -2.07. The fourth-order valence-corrected chi connectivity index (χ4v) is 2.18. The first-order valence-corrected chi connectivity index (χ1v) is 7.19. The maximum Gasteiger partial charge on any atom is 0.275 e. The Balaban J connectivity index is 1.77. The Labute approximate surface area is 137 Å². The second-order valence-corrected chi connectivity index (χ2v) is 4.97. The van der Waals surface area contributed by atoms with Crippen LogP contribution in [0, 0.1) is 6.92 Å². The minimum atomic E-state index is -0.505. The van der Waals surface area contributed by atoms with E-state index in [9.17, 15) is 9.59 Å². The van der Waals surface area contributed by atoms with Crippen molar-refractivity contribution in [3.05, 3.63) is 71.7 Å². The number of aromatic nitrogens is 2. The molecule has 0 saturated carbocycles. The van der Waals surface area contributed by atoms with E-state index in [2.05, 4.69) is 21.0 Å². The number of nitrogens with one attached hydrogen (secondary N) is 2. The van der Waals surface area contributed by atoms with Gasteiger partial charge in [-0.05, 0) is 19.1 Å². The number of nitrogens with zero attached hydrogens (tertiary/aromatic N) is 2. The van der Waals surface area contributed by atoms with Crippen molar-refractivity contribution in [2.24, 2.45) is 0 Å². The molecule has 120 valence electrons. The van der Waals surface area contributed by atoms with Crippen molar-refractivity contribution in [3.63, 3.8) is 0 Å². The van der Waals surface area contributed by atoms with Crippen LogP contribution in [0.5, 0.6) is 0 Å². The summed E-state index contributed by atoms with van der Waals surface area (Å²) < 4.78 is 5.13. The van der Waals surface area contributed by atoms with Gasteiger partial charge >= 0.3 is 0 Å². The summed E-state index contributed by atoms with van der Waals surface area (Å²) in [6.45, 7) is 1.64. The molecule has 0 unspecified atom stereocenters. The summed E-state index contributed by atoms with van der Waals surface area (Å²) in [5.41, 5.74) is 6.56. The van der Waals surface area contributed by atoms with E-state index in [1.165, 1.54) is 12.4 Å². The van der Waals surface area contributed by atoms with Gasteiger partial charge in [0.1, 0.15) is 17.0 Å². The summed E-state index contributed by atoms with van der Waals surface area (Å²) in [4.78, 5) is 28.2. The molecule has 7 nitrogen and oxygen atoms in total. The third-order valence-corrected chi connectivity index (χ3v) is 3.37. The van der Waals surface area contributed by atoms with Gasteiger partial charge in [0.15, 0.2) is 0 Å². The molecule has 1 aromatic carbocycles. The second-order valence-electron chi connectivity index (χ2n) is 4.97. The molecule has 0 fully saturated rings. The van der Waals surface area contributed by atoms with Crippen LogP contribution < -0.4 is 10.9 Å². The van der Waals surface area contributed by atoms with Gasteiger partial charge in [-0.15, -0.1) is 0 Å². The van der Waals surface area contributed by atoms with Gasteiger partial charge in [0, 0.05) is 23.5 Å². The molecule has 0 spiro atoms. The molecule has 2 amide bonds. The highest BCUT2D eigenvalue weighted by Gasteiger charge is 2.22. The number of benzene rings is 1. The predicted molar refractivity (Wildman–Crippen MR) is 85.8 cm³/mol.